The zero-order valence-corrected chi connectivity index (χ0v) is 9.84. The van der Waals surface area contributed by atoms with Gasteiger partial charge in [-0.2, -0.15) is 0 Å². The van der Waals surface area contributed by atoms with E-state index in [0.717, 1.165) is 5.69 Å². The predicted octanol–water partition coefficient (Wildman–Crippen LogP) is 1.17. The molecule has 0 aliphatic carbocycles. The molecule has 0 fully saturated rings. The largest absolute Gasteiger partial charge is 0.373 e. The maximum absolute atomic E-state index is 10.7. The highest BCUT2D eigenvalue weighted by molar-refractivity contribution is 5.72. The van der Waals surface area contributed by atoms with Crippen LogP contribution in [0.3, 0.4) is 0 Å². The van der Waals surface area contributed by atoms with Crippen LogP contribution in [0.1, 0.15) is 6.92 Å². The number of nitro groups is 1. The van der Waals surface area contributed by atoms with E-state index in [1.807, 2.05) is 11.9 Å². The summed E-state index contributed by atoms with van der Waals surface area (Å²) < 4.78 is 0. The molecule has 92 valence electrons. The number of non-ortho nitro benzene ring substituents is 1. The fourth-order valence-electron chi connectivity index (χ4n) is 1.36. The Morgan fingerprint density at radius 1 is 1.41 bits per heavy atom. The number of nitrogens with zero attached hydrogens (tertiary/aromatic N) is 2. The first kappa shape index (κ1) is 13.0. The van der Waals surface area contributed by atoms with Crippen LogP contribution in [0.15, 0.2) is 24.3 Å². The molecular weight excluding hydrogens is 222 g/mol. The van der Waals surface area contributed by atoms with Gasteiger partial charge >= 0.3 is 0 Å². The first-order valence-corrected chi connectivity index (χ1v) is 5.20. The Morgan fingerprint density at radius 3 is 2.47 bits per heavy atom. The summed E-state index contributed by atoms with van der Waals surface area (Å²) in [5.41, 5.74) is 0.949. The van der Waals surface area contributed by atoms with Gasteiger partial charge in [-0.1, -0.05) is 0 Å². The van der Waals surface area contributed by atoms with Crippen LogP contribution < -0.4 is 10.2 Å². The number of benzene rings is 1. The van der Waals surface area contributed by atoms with Gasteiger partial charge in [0, 0.05) is 44.9 Å². The Balaban J connectivity index is 2.54. The highest BCUT2D eigenvalue weighted by atomic mass is 16.6. The molecule has 1 amide bonds. The Hall–Kier alpha value is -2.11. The average Bonchev–Trinajstić information content (AvgIpc) is 2.28. The zero-order chi connectivity index (χ0) is 12.8. The number of carbonyl (C=O) groups is 1. The molecule has 1 aromatic rings. The third-order valence-electron chi connectivity index (χ3n) is 2.32. The molecule has 6 heteroatoms. The topological polar surface area (TPSA) is 75.5 Å². The Kier molecular flexibility index (Phi) is 4.45. The first-order chi connectivity index (χ1) is 8.00. The number of rotatable bonds is 5. The smallest absolute Gasteiger partial charge is 0.269 e. The summed E-state index contributed by atoms with van der Waals surface area (Å²) in [5, 5.41) is 13.2. The maximum atomic E-state index is 10.7. The molecule has 0 saturated carbocycles. The molecule has 0 unspecified atom stereocenters. The second kappa shape index (κ2) is 5.83. The van der Waals surface area contributed by atoms with E-state index in [1.165, 1.54) is 19.1 Å². The molecular formula is C11H15N3O3. The van der Waals surface area contributed by atoms with E-state index < -0.39 is 4.92 Å². The van der Waals surface area contributed by atoms with Gasteiger partial charge in [0.05, 0.1) is 4.92 Å². The molecule has 1 rings (SSSR count). The van der Waals surface area contributed by atoms with Crippen LogP contribution in [-0.2, 0) is 4.79 Å². The Bertz CT molecular complexity index is 403. The first-order valence-electron chi connectivity index (χ1n) is 5.20. The molecule has 0 aliphatic heterocycles. The highest BCUT2D eigenvalue weighted by Gasteiger charge is 2.06. The van der Waals surface area contributed by atoms with Gasteiger partial charge in [-0.3, -0.25) is 14.9 Å². The minimum Gasteiger partial charge on any atom is -0.373 e. The van der Waals surface area contributed by atoms with Gasteiger partial charge in [0.1, 0.15) is 0 Å². The molecule has 0 atom stereocenters. The monoisotopic (exact) mass is 237 g/mol. The van der Waals surface area contributed by atoms with Crippen molar-refractivity contribution in [1.82, 2.24) is 5.32 Å². The van der Waals surface area contributed by atoms with E-state index in [9.17, 15) is 14.9 Å². The standard InChI is InChI=1S/C11H15N3O3/c1-9(15)12-7-8-13(2)10-3-5-11(6-4-10)14(16)17/h3-6H,7-8H2,1-2H3,(H,12,15). The van der Waals surface area contributed by atoms with Crippen LogP contribution in [0.25, 0.3) is 0 Å². The van der Waals surface area contributed by atoms with E-state index in [1.54, 1.807) is 12.1 Å². The molecule has 0 bridgehead atoms. The van der Waals surface area contributed by atoms with Gasteiger partial charge < -0.3 is 10.2 Å². The fraction of sp³-hybridized carbons (Fsp3) is 0.364. The zero-order valence-electron chi connectivity index (χ0n) is 9.84. The molecule has 0 saturated heterocycles. The molecule has 1 aromatic carbocycles. The normalized spacial score (nSPS) is 9.76. The Labute approximate surface area is 99.4 Å². The minimum atomic E-state index is -0.429. The number of likely N-dealkylation sites (N-methyl/N-ethyl adjacent to an activating group) is 1. The van der Waals surface area contributed by atoms with Crippen molar-refractivity contribution in [1.29, 1.82) is 0 Å². The lowest BCUT2D eigenvalue weighted by Crippen LogP contribution is -2.31. The lowest BCUT2D eigenvalue weighted by atomic mass is 10.2. The molecule has 0 radical (unpaired) electrons. The minimum absolute atomic E-state index is 0.0675. The van der Waals surface area contributed by atoms with Gasteiger partial charge in [0.25, 0.3) is 5.69 Å². The van der Waals surface area contributed by atoms with Gasteiger partial charge in [0.2, 0.25) is 5.91 Å². The van der Waals surface area contributed by atoms with Crippen molar-refractivity contribution >= 4 is 17.3 Å². The number of hydrogen-bond acceptors (Lipinski definition) is 4. The van der Waals surface area contributed by atoms with E-state index in [-0.39, 0.29) is 11.6 Å². The van der Waals surface area contributed by atoms with Crippen LogP contribution in [0.4, 0.5) is 11.4 Å². The molecule has 6 nitrogen and oxygen atoms in total. The number of anilines is 1. The Morgan fingerprint density at radius 2 is 2.00 bits per heavy atom. The lowest BCUT2D eigenvalue weighted by molar-refractivity contribution is -0.384. The third-order valence-corrected chi connectivity index (χ3v) is 2.32. The van der Waals surface area contributed by atoms with E-state index in [0.29, 0.717) is 13.1 Å². The van der Waals surface area contributed by atoms with Crippen molar-refractivity contribution in [3.8, 4) is 0 Å². The number of nitro benzene ring substituents is 1. The summed E-state index contributed by atoms with van der Waals surface area (Å²) in [6.07, 6.45) is 0. The van der Waals surface area contributed by atoms with Crippen LogP contribution in [0.5, 0.6) is 0 Å². The average molecular weight is 237 g/mol. The summed E-state index contributed by atoms with van der Waals surface area (Å²) in [6, 6.07) is 6.30. The van der Waals surface area contributed by atoms with Gasteiger partial charge in [-0.05, 0) is 12.1 Å². The maximum Gasteiger partial charge on any atom is 0.269 e. The fourth-order valence-corrected chi connectivity index (χ4v) is 1.36. The summed E-state index contributed by atoms with van der Waals surface area (Å²) in [7, 11) is 1.86. The van der Waals surface area contributed by atoms with Crippen molar-refractivity contribution in [3.05, 3.63) is 34.4 Å². The number of carbonyl (C=O) groups excluding carboxylic acids is 1. The van der Waals surface area contributed by atoms with Crippen molar-refractivity contribution in [3.63, 3.8) is 0 Å². The van der Waals surface area contributed by atoms with E-state index in [2.05, 4.69) is 5.32 Å². The lowest BCUT2D eigenvalue weighted by Gasteiger charge is -2.18. The molecule has 0 spiro atoms. The second-order valence-corrected chi connectivity index (χ2v) is 3.68. The number of nitrogens with one attached hydrogen (secondary N) is 1. The van der Waals surface area contributed by atoms with Crippen molar-refractivity contribution in [2.45, 2.75) is 6.92 Å². The predicted molar refractivity (Wildman–Crippen MR) is 65.1 cm³/mol. The molecule has 0 heterocycles. The van der Waals surface area contributed by atoms with Gasteiger partial charge in [-0.25, -0.2) is 0 Å². The van der Waals surface area contributed by atoms with Crippen LogP contribution in [0, 0.1) is 10.1 Å². The van der Waals surface area contributed by atoms with Crippen LogP contribution in [-0.4, -0.2) is 31.0 Å². The third kappa shape index (κ3) is 4.10. The van der Waals surface area contributed by atoms with Gasteiger partial charge in [-0.15, -0.1) is 0 Å². The highest BCUT2D eigenvalue weighted by Crippen LogP contribution is 2.17. The summed E-state index contributed by atoms with van der Waals surface area (Å²) in [5.74, 6) is -0.0675. The summed E-state index contributed by atoms with van der Waals surface area (Å²) in [6.45, 7) is 2.66. The molecule has 0 aromatic heterocycles. The van der Waals surface area contributed by atoms with Crippen LogP contribution >= 0.6 is 0 Å². The molecule has 0 aliphatic rings. The second-order valence-electron chi connectivity index (χ2n) is 3.68. The van der Waals surface area contributed by atoms with E-state index in [4.69, 9.17) is 0 Å². The quantitative estimate of drug-likeness (QED) is 0.616. The molecule has 1 N–H and O–H groups in total. The number of amides is 1. The summed E-state index contributed by atoms with van der Waals surface area (Å²) in [4.78, 5) is 22.6. The van der Waals surface area contributed by atoms with Gasteiger partial charge in [0.15, 0.2) is 0 Å². The van der Waals surface area contributed by atoms with Crippen molar-refractivity contribution in [2.75, 3.05) is 25.0 Å². The van der Waals surface area contributed by atoms with Crippen molar-refractivity contribution in [2.24, 2.45) is 0 Å². The summed E-state index contributed by atoms with van der Waals surface area (Å²) >= 11 is 0. The van der Waals surface area contributed by atoms with E-state index >= 15 is 0 Å². The number of hydrogen-bond donors (Lipinski definition) is 1. The van der Waals surface area contributed by atoms with Crippen molar-refractivity contribution < 1.29 is 9.72 Å². The SMILES string of the molecule is CC(=O)NCCN(C)c1ccc([N+](=O)[O-])cc1. The molecule has 17 heavy (non-hydrogen) atoms. The van der Waals surface area contributed by atoms with Crippen LogP contribution in [0.2, 0.25) is 0 Å².